The lowest BCUT2D eigenvalue weighted by Crippen LogP contribution is -2.35. The zero-order chi connectivity index (χ0) is 14.5. The minimum absolute atomic E-state index is 0.369. The average Bonchev–Trinajstić information content (AvgIpc) is 2.39. The Morgan fingerprint density at radius 3 is 2.16 bits per heavy atom. The molecule has 0 aliphatic rings. The van der Waals surface area contributed by atoms with E-state index >= 15 is 0 Å². The van der Waals surface area contributed by atoms with Gasteiger partial charge in [0.05, 0.1) is 12.7 Å². The van der Waals surface area contributed by atoms with Crippen LogP contribution in [0.1, 0.15) is 24.2 Å². The molecule has 0 aliphatic carbocycles. The Kier molecular flexibility index (Phi) is 5.31. The van der Waals surface area contributed by atoms with Gasteiger partial charge in [0.1, 0.15) is 0 Å². The predicted octanol–water partition coefficient (Wildman–Crippen LogP) is 1.47. The van der Waals surface area contributed by atoms with E-state index in [0.29, 0.717) is 24.3 Å². The van der Waals surface area contributed by atoms with Gasteiger partial charge in [-0.3, -0.25) is 4.72 Å². The number of methoxy groups -OCH3 is 1. The highest BCUT2D eigenvalue weighted by Gasteiger charge is 2.18. The molecule has 0 atom stereocenters. The smallest absolute Gasteiger partial charge is 0.337 e. The first-order chi connectivity index (χ1) is 8.94. The monoisotopic (exact) mass is 286 g/mol. The Morgan fingerprint density at radius 2 is 1.74 bits per heavy atom. The molecular formula is C12H18N2O4S. The first-order valence-electron chi connectivity index (χ1n) is 5.90. The zero-order valence-corrected chi connectivity index (χ0v) is 12.0. The largest absolute Gasteiger partial charge is 0.465 e. The van der Waals surface area contributed by atoms with Gasteiger partial charge in [0.25, 0.3) is 0 Å². The number of nitrogens with zero attached hydrogens (tertiary/aromatic N) is 1. The highest BCUT2D eigenvalue weighted by molar-refractivity contribution is 7.90. The molecule has 1 N–H and O–H groups in total. The Bertz CT molecular complexity index is 521. The van der Waals surface area contributed by atoms with Crippen LogP contribution in [-0.2, 0) is 14.9 Å². The van der Waals surface area contributed by atoms with Gasteiger partial charge in [0, 0.05) is 18.8 Å². The van der Waals surface area contributed by atoms with Crippen molar-refractivity contribution in [3.8, 4) is 0 Å². The van der Waals surface area contributed by atoms with Crippen molar-refractivity contribution in [2.45, 2.75) is 13.8 Å². The third-order valence-corrected chi connectivity index (χ3v) is 4.29. The number of rotatable bonds is 6. The maximum Gasteiger partial charge on any atom is 0.337 e. The molecule has 6 nitrogen and oxygen atoms in total. The zero-order valence-electron chi connectivity index (χ0n) is 11.2. The summed E-state index contributed by atoms with van der Waals surface area (Å²) in [7, 11) is -2.26. The SMILES string of the molecule is CCN(CC)S(=O)(=O)Nc1ccc(C(=O)OC)cc1. The van der Waals surface area contributed by atoms with Crippen LogP contribution < -0.4 is 4.72 Å². The molecule has 0 bridgehead atoms. The van der Waals surface area contributed by atoms with Gasteiger partial charge in [-0.1, -0.05) is 13.8 Å². The number of nitrogens with one attached hydrogen (secondary N) is 1. The van der Waals surface area contributed by atoms with Crippen LogP contribution in [0.3, 0.4) is 0 Å². The molecule has 7 heteroatoms. The molecule has 1 aromatic rings. The van der Waals surface area contributed by atoms with Crippen molar-refractivity contribution in [1.82, 2.24) is 4.31 Å². The fourth-order valence-corrected chi connectivity index (χ4v) is 2.81. The number of ether oxygens (including phenoxy) is 1. The van der Waals surface area contributed by atoms with Crippen LogP contribution in [0.4, 0.5) is 5.69 Å². The lowest BCUT2D eigenvalue weighted by atomic mass is 10.2. The Labute approximate surface area is 113 Å². The average molecular weight is 286 g/mol. The number of carbonyl (C=O) groups is 1. The van der Waals surface area contributed by atoms with Crippen molar-refractivity contribution >= 4 is 21.9 Å². The van der Waals surface area contributed by atoms with Crippen LogP contribution in [0, 0.1) is 0 Å². The van der Waals surface area contributed by atoms with E-state index in [-0.39, 0.29) is 0 Å². The number of anilines is 1. The molecule has 0 radical (unpaired) electrons. The summed E-state index contributed by atoms with van der Waals surface area (Å²) >= 11 is 0. The third kappa shape index (κ3) is 3.93. The fourth-order valence-electron chi connectivity index (χ4n) is 1.57. The summed E-state index contributed by atoms with van der Waals surface area (Å²) in [5, 5.41) is 0. The van der Waals surface area contributed by atoms with Gasteiger partial charge in [-0.15, -0.1) is 0 Å². The maximum atomic E-state index is 12.0. The van der Waals surface area contributed by atoms with Crippen molar-refractivity contribution in [3.05, 3.63) is 29.8 Å². The highest BCUT2D eigenvalue weighted by Crippen LogP contribution is 2.13. The van der Waals surface area contributed by atoms with E-state index in [1.54, 1.807) is 13.8 Å². The molecule has 19 heavy (non-hydrogen) atoms. The summed E-state index contributed by atoms with van der Waals surface area (Å²) in [4.78, 5) is 11.2. The van der Waals surface area contributed by atoms with Gasteiger partial charge in [0.2, 0.25) is 0 Å². The molecule has 0 saturated heterocycles. The van der Waals surface area contributed by atoms with Gasteiger partial charge in [0.15, 0.2) is 0 Å². The van der Waals surface area contributed by atoms with E-state index < -0.39 is 16.2 Å². The minimum Gasteiger partial charge on any atom is -0.465 e. The maximum absolute atomic E-state index is 12.0. The van der Waals surface area contributed by atoms with E-state index in [2.05, 4.69) is 9.46 Å². The molecule has 1 aromatic carbocycles. The second kappa shape index (κ2) is 6.53. The van der Waals surface area contributed by atoms with Gasteiger partial charge in [-0.2, -0.15) is 12.7 Å². The first kappa shape index (κ1) is 15.5. The van der Waals surface area contributed by atoms with E-state index in [1.165, 1.54) is 35.7 Å². The lowest BCUT2D eigenvalue weighted by Gasteiger charge is -2.19. The van der Waals surface area contributed by atoms with Crippen molar-refractivity contribution in [1.29, 1.82) is 0 Å². The summed E-state index contributed by atoms with van der Waals surface area (Å²) in [6.45, 7) is 4.32. The van der Waals surface area contributed by atoms with Crippen molar-refractivity contribution in [2.24, 2.45) is 0 Å². The van der Waals surface area contributed by atoms with Gasteiger partial charge < -0.3 is 4.74 Å². The normalized spacial score (nSPS) is 11.4. The summed E-state index contributed by atoms with van der Waals surface area (Å²) < 4.78 is 32.2. The Hall–Kier alpha value is -1.60. The molecule has 1 rings (SSSR count). The van der Waals surface area contributed by atoms with E-state index in [9.17, 15) is 13.2 Å². The molecule has 0 aromatic heterocycles. The number of hydrogen-bond donors (Lipinski definition) is 1. The number of hydrogen-bond acceptors (Lipinski definition) is 4. The summed E-state index contributed by atoms with van der Waals surface area (Å²) in [6.07, 6.45) is 0. The van der Waals surface area contributed by atoms with Crippen LogP contribution >= 0.6 is 0 Å². The summed E-state index contributed by atoms with van der Waals surface area (Å²) in [5.41, 5.74) is 0.771. The van der Waals surface area contributed by atoms with Crippen LogP contribution in [0.25, 0.3) is 0 Å². The molecule has 0 unspecified atom stereocenters. The second-order valence-electron chi connectivity index (χ2n) is 3.76. The Morgan fingerprint density at radius 1 is 1.21 bits per heavy atom. The molecule has 0 amide bonds. The summed E-state index contributed by atoms with van der Waals surface area (Å²) in [5.74, 6) is -0.460. The van der Waals surface area contributed by atoms with E-state index in [4.69, 9.17) is 0 Å². The van der Waals surface area contributed by atoms with Crippen molar-refractivity contribution < 1.29 is 17.9 Å². The highest BCUT2D eigenvalue weighted by atomic mass is 32.2. The van der Waals surface area contributed by atoms with Crippen LogP contribution in [0.15, 0.2) is 24.3 Å². The second-order valence-corrected chi connectivity index (χ2v) is 5.43. The van der Waals surface area contributed by atoms with Crippen LogP contribution in [0.5, 0.6) is 0 Å². The first-order valence-corrected chi connectivity index (χ1v) is 7.34. The minimum atomic E-state index is -3.55. The molecule has 0 saturated carbocycles. The molecule has 0 heterocycles. The number of carbonyl (C=O) groups excluding carboxylic acids is 1. The van der Waals surface area contributed by atoms with Gasteiger partial charge in [-0.25, -0.2) is 4.79 Å². The molecule has 0 fully saturated rings. The van der Waals surface area contributed by atoms with Gasteiger partial charge in [-0.05, 0) is 24.3 Å². The van der Waals surface area contributed by atoms with Crippen molar-refractivity contribution in [2.75, 3.05) is 24.9 Å². The number of benzene rings is 1. The van der Waals surface area contributed by atoms with E-state index in [1.807, 2.05) is 0 Å². The predicted molar refractivity (Wildman–Crippen MR) is 73.2 cm³/mol. The molecule has 0 spiro atoms. The van der Waals surface area contributed by atoms with E-state index in [0.717, 1.165) is 0 Å². The quantitative estimate of drug-likeness (QED) is 0.804. The van der Waals surface area contributed by atoms with Crippen molar-refractivity contribution in [3.63, 3.8) is 0 Å². The van der Waals surface area contributed by atoms with Crippen LogP contribution in [-0.4, -0.2) is 38.9 Å². The molecule has 0 aliphatic heterocycles. The molecular weight excluding hydrogens is 268 g/mol. The summed E-state index contributed by atoms with van der Waals surface area (Å²) in [6, 6.07) is 6.05. The molecule has 106 valence electrons. The number of esters is 1. The van der Waals surface area contributed by atoms with Crippen LogP contribution in [0.2, 0.25) is 0 Å². The fraction of sp³-hybridized carbons (Fsp3) is 0.417. The van der Waals surface area contributed by atoms with Gasteiger partial charge >= 0.3 is 16.2 Å². The third-order valence-electron chi connectivity index (χ3n) is 2.60. The standard InChI is InChI=1S/C12H18N2O4S/c1-4-14(5-2)19(16,17)13-11-8-6-10(7-9-11)12(15)18-3/h6-9,13H,4-5H2,1-3H3. The topological polar surface area (TPSA) is 75.7 Å². The Balaban J connectivity index is 2.86. The lowest BCUT2D eigenvalue weighted by molar-refractivity contribution is 0.0601.